The van der Waals surface area contributed by atoms with E-state index >= 15 is 0 Å². The number of nitro benzene ring substituents is 1. The number of anilines is 3. The first-order chi connectivity index (χ1) is 20.8. The maximum atomic E-state index is 13.1. The largest absolute Gasteiger partial charge is 0.340 e. The van der Waals surface area contributed by atoms with Crippen LogP contribution in [0.4, 0.5) is 22.9 Å². The molecule has 12 nitrogen and oxygen atoms in total. The Morgan fingerprint density at radius 1 is 0.837 bits per heavy atom. The number of fused-ring (bicyclic) bond motifs is 1. The van der Waals surface area contributed by atoms with Crippen LogP contribution in [0.2, 0.25) is 0 Å². The van der Waals surface area contributed by atoms with Crippen molar-refractivity contribution in [2.45, 2.75) is 4.90 Å². The van der Waals surface area contributed by atoms with Crippen LogP contribution in [0.25, 0.3) is 22.3 Å². The Kier molecular flexibility index (Phi) is 7.06. The standard InChI is InChI=1S/C30H21N7O5S/c38-30(20-9-11-25(12-10-20)37(39)40)35-24-6-4-5-23(16-24)34-28-17-27(32-19-33-28)22-15-21-13-14-36(29(21)31-18-22)43(41,42)26-7-2-1-3-8-26/h1-19H,(H,35,38)(H,32,33,34). The Bertz CT molecular complexity index is 2100. The quantitative estimate of drug-likeness (QED) is 0.169. The zero-order valence-corrected chi connectivity index (χ0v) is 23.0. The monoisotopic (exact) mass is 591 g/mol. The minimum absolute atomic E-state index is 0.0999. The second-order valence-electron chi connectivity index (χ2n) is 9.32. The summed E-state index contributed by atoms with van der Waals surface area (Å²) < 4.78 is 27.4. The maximum Gasteiger partial charge on any atom is 0.269 e. The van der Waals surface area contributed by atoms with E-state index in [1.807, 2.05) is 0 Å². The third kappa shape index (κ3) is 5.64. The fourth-order valence-corrected chi connectivity index (χ4v) is 5.71. The van der Waals surface area contributed by atoms with Crippen LogP contribution in [0.3, 0.4) is 0 Å². The lowest BCUT2D eigenvalue weighted by molar-refractivity contribution is -0.384. The van der Waals surface area contributed by atoms with Crippen molar-refractivity contribution in [3.8, 4) is 11.3 Å². The minimum atomic E-state index is -3.81. The molecule has 3 aromatic heterocycles. The summed E-state index contributed by atoms with van der Waals surface area (Å²) in [5.41, 5.74) is 2.85. The van der Waals surface area contributed by atoms with Gasteiger partial charge in [0.25, 0.3) is 21.6 Å². The topological polar surface area (TPSA) is 162 Å². The van der Waals surface area contributed by atoms with Crippen LogP contribution in [-0.4, -0.2) is 38.2 Å². The summed E-state index contributed by atoms with van der Waals surface area (Å²) >= 11 is 0. The summed E-state index contributed by atoms with van der Waals surface area (Å²) in [6.45, 7) is 0. The van der Waals surface area contributed by atoms with Crippen LogP contribution in [0.1, 0.15) is 10.4 Å². The number of pyridine rings is 1. The van der Waals surface area contributed by atoms with Crippen LogP contribution >= 0.6 is 0 Å². The van der Waals surface area contributed by atoms with E-state index in [0.717, 1.165) is 3.97 Å². The molecule has 6 aromatic rings. The molecule has 1 amide bonds. The van der Waals surface area contributed by atoms with Crippen molar-refractivity contribution < 1.29 is 18.1 Å². The van der Waals surface area contributed by atoms with Gasteiger partial charge in [-0.05, 0) is 54.6 Å². The van der Waals surface area contributed by atoms with E-state index in [2.05, 4.69) is 25.6 Å². The van der Waals surface area contributed by atoms with Gasteiger partial charge in [-0.2, -0.15) is 0 Å². The number of aromatic nitrogens is 4. The summed E-state index contributed by atoms with van der Waals surface area (Å²) in [7, 11) is -3.81. The first-order valence-corrected chi connectivity index (χ1v) is 14.2. The lowest BCUT2D eigenvalue weighted by atomic mass is 10.1. The number of benzene rings is 3. The fraction of sp³-hybridized carbons (Fsp3) is 0. The predicted molar refractivity (Wildman–Crippen MR) is 161 cm³/mol. The molecule has 43 heavy (non-hydrogen) atoms. The van der Waals surface area contributed by atoms with Gasteiger partial charge in [0.1, 0.15) is 12.1 Å². The van der Waals surface area contributed by atoms with Crippen LogP contribution < -0.4 is 10.6 Å². The number of amides is 1. The van der Waals surface area contributed by atoms with E-state index in [-0.39, 0.29) is 16.1 Å². The lowest BCUT2D eigenvalue weighted by Crippen LogP contribution is -2.12. The molecule has 0 aliphatic carbocycles. The van der Waals surface area contributed by atoms with Crippen molar-refractivity contribution in [3.63, 3.8) is 0 Å². The van der Waals surface area contributed by atoms with E-state index in [1.54, 1.807) is 66.9 Å². The number of carbonyl (C=O) groups excluding carboxylic acids is 1. The SMILES string of the molecule is O=C(Nc1cccc(Nc2cc(-c3cnc4c(ccn4S(=O)(=O)c4ccccc4)c3)ncn2)c1)c1ccc([N+](=O)[O-])cc1. The van der Waals surface area contributed by atoms with Gasteiger partial charge in [-0.1, -0.05) is 24.3 Å². The number of hydrogen-bond acceptors (Lipinski definition) is 9. The highest BCUT2D eigenvalue weighted by molar-refractivity contribution is 7.90. The van der Waals surface area contributed by atoms with Crippen molar-refractivity contribution in [2.75, 3.05) is 10.6 Å². The molecule has 0 saturated heterocycles. The molecule has 0 aliphatic heterocycles. The van der Waals surface area contributed by atoms with Crippen LogP contribution in [-0.2, 0) is 10.0 Å². The van der Waals surface area contributed by atoms with Crippen molar-refractivity contribution in [1.82, 2.24) is 18.9 Å². The molecule has 0 spiro atoms. The Balaban J connectivity index is 1.20. The first kappa shape index (κ1) is 27.2. The fourth-order valence-electron chi connectivity index (χ4n) is 4.38. The second kappa shape index (κ2) is 11.1. The molecule has 6 rings (SSSR count). The molecule has 0 saturated carbocycles. The number of non-ortho nitro benzene ring substituents is 1. The van der Waals surface area contributed by atoms with Crippen molar-refractivity contribution in [2.24, 2.45) is 0 Å². The zero-order chi connectivity index (χ0) is 30.0. The van der Waals surface area contributed by atoms with E-state index in [4.69, 9.17) is 0 Å². The van der Waals surface area contributed by atoms with Crippen LogP contribution in [0, 0.1) is 10.1 Å². The molecule has 3 heterocycles. The highest BCUT2D eigenvalue weighted by Gasteiger charge is 2.20. The third-order valence-corrected chi connectivity index (χ3v) is 8.17. The number of rotatable bonds is 8. The van der Waals surface area contributed by atoms with E-state index in [9.17, 15) is 23.3 Å². The highest BCUT2D eigenvalue weighted by atomic mass is 32.2. The molecule has 212 valence electrons. The van der Waals surface area contributed by atoms with Crippen molar-refractivity contribution in [1.29, 1.82) is 0 Å². The maximum absolute atomic E-state index is 13.1. The molecule has 0 fully saturated rings. The van der Waals surface area contributed by atoms with Gasteiger partial charge in [0.05, 0.1) is 15.5 Å². The van der Waals surface area contributed by atoms with Gasteiger partial charge in [0.2, 0.25) is 0 Å². The molecular formula is C30H21N7O5S. The first-order valence-electron chi connectivity index (χ1n) is 12.8. The Labute approximate surface area is 244 Å². The summed E-state index contributed by atoms with van der Waals surface area (Å²) in [6, 6.07) is 25.7. The van der Waals surface area contributed by atoms with Gasteiger partial charge in [-0.3, -0.25) is 14.9 Å². The minimum Gasteiger partial charge on any atom is -0.340 e. The average molecular weight is 592 g/mol. The van der Waals surface area contributed by atoms with E-state index in [0.29, 0.717) is 39.5 Å². The normalized spacial score (nSPS) is 11.3. The molecule has 3 aromatic carbocycles. The van der Waals surface area contributed by atoms with E-state index in [1.165, 1.54) is 48.9 Å². The lowest BCUT2D eigenvalue weighted by Gasteiger charge is -2.10. The predicted octanol–water partition coefficient (Wildman–Crippen LogP) is 5.63. The number of nitrogens with zero attached hydrogens (tertiary/aromatic N) is 5. The molecule has 0 atom stereocenters. The molecule has 0 bridgehead atoms. The van der Waals surface area contributed by atoms with E-state index < -0.39 is 20.9 Å². The third-order valence-electron chi connectivity index (χ3n) is 6.49. The number of nitrogens with one attached hydrogen (secondary N) is 2. The smallest absolute Gasteiger partial charge is 0.269 e. The number of hydrogen-bond donors (Lipinski definition) is 2. The molecule has 0 radical (unpaired) electrons. The molecular weight excluding hydrogens is 570 g/mol. The van der Waals surface area contributed by atoms with Gasteiger partial charge in [0, 0.05) is 58.5 Å². The van der Waals surface area contributed by atoms with Gasteiger partial charge in [-0.15, -0.1) is 0 Å². The van der Waals surface area contributed by atoms with Crippen LogP contribution in [0.15, 0.2) is 121 Å². The Morgan fingerprint density at radius 2 is 1.60 bits per heavy atom. The number of carbonyl (C=O) groups is 1. The summed E-state index contributed by atoms with van der Waals surface area (Å²) in [4.78, 5) is 36.2. The Hall–Kier alpha value is -5.95. The zero-order valence-electron chi connectivity index (χ0n) is 22.2. The summed E-state index contributed by atoms with van der Waals surface area (Å²) in [5.74, 6) is 0.0674. The average Bonchev–Trinajstić information content (AvgIpc) is 3.46. The van der Waals surface area contributed by atoms with Gasteiger partial charge in [-0.25, -0.2) is 27.3 Å². The van der Waals surface area contributed by atoms with Gasteiger partial charge in [0.15, 0.2) is 5.65 Å². The molecule has 0 unspecified atom stereocenters. The second-order valence-corrected chi connectivity index (χ2v) is 11.1. The van der Waals surface area contributed by atoms with Crippen molar-refractivity contribution >= 4 is 49.8 Å². The summed E-state index contributed by atoms with van der Waals surface area (Å²) in [5, 5.41) is 17.4. The summed E-state index contributed by atoms with van der Waals surface area (Å²) in [6.07, 6.45) is 4.43. The van der Waals surface area contributed by atoms with Gasteiger partial charge < -0.3 is 10.6 Å². The Morgan fingerprint density at radius 3 is 2.37 bits per heavy atom. The molecule has 0 aliphatic rings. The number of nitro groups is 1. The van der Waals surface area contributed by atoms with Crippen LogP contribution in [0.5, 0.6) is 0 Å². The van der Waals surface area contributed by atoms with Crippen molar-refractivity contribution in [3.05, 3.63) is 131 Å². The van der Waals surface area contributed by atoms with Gasteiger partial charge >= 0.3 is 0 Å². The molecule has 2 N–H and O–H groups in total. The molecule has 13 heteroatoms. The highest BCUT2D eigenvalue weighted by Crippen LogP contribution is 2.27.